The minimum Gasteiger partial charge on any atom is -0.457 e. The molecule has 0 atom stereocenters. The third kappa shape index (κ3) is 4.28. The summed E-state index contributed by atoms with van der Waals surface area (Å²) >= 11 is 0. The molecule has 0 aliphatic carbocycles. The van der Waals surface area contributed by atoms with Gasteiger partial charge in [0.05, 0.1) is 5.75 Å². The molecule has 5 nitrogen and oxygen atoms in total. The van der Waals surface area contributed by atoms with Crippen LogP contribution in [-0.4, -0.2) is 31.5 Å². The van der Waals surface area contributed by atoms with E-state index in [0.717, 1.165) is 18.1 Å². The van der Waals surface area contributed by atoms with Gasteiger partial charge < -0.3 is 9.64 Å². The van der Waals surface area contributed by atoms with Crippen molar-refractivity contribution in [3.63, 3.8) is 0 Å². The van der Waals surface area contributed by atoms with Crippen LogP contribution in [0.1, 0.15) is 25.0 Å². The quantitative estimate of drug-likeness (QED) is 0.690. The Labute approximate surface area is 174 Å². The van der Waals surface area contributed by atoms with Gasteiger partial charge in [-0.2, -0.15) is 0 Å². The largest absolute Gasteiger partial charge is 0.457 e. The average molecular weight is 430 g/mol. The lowest BCUT2D eigenvalue weighted by Gasteiger charge is -2.30. The molecule has 0 N–H and O–H groups in total. The molecule has 8 heteroatoms. The highest BCUT2D eigenvalue weighted by molar-refractivity contribution is 7.90. The fraction of sp³-hybridized carbons (Fsp3) is 0.227. The maximum Gasteiger partial charge on any atom is 0.270 e. The van der Waals surface area contributed by atoms with Crippen LogP contribution in [0.25, 0.3) is 5.57 Å². The van der Waals surface area contributed by atoms with Crippen molar-refractivity contribution in [1.82, 2.24) is 4.90 Å². The summed E-state index contributed by atoms with van der Waals surface area (Å²) in [5, 5.41) is 0. The standard InChI is InChI=1S/C22H20F2N2O3S/c1-15-12-20(21-25-30(27,28)11-10-26(21)14-15)16-6-8-18(9-7-16)29-19-5-3-4-17(13-19)22(2,23)24/h3-9,12-14H,10-11H2,1-2H3. The molecule has 0 saturated carbocycles. The molecule has 0 aromatic heterocycles. The first-order valence-electron chi connectivity index (χ1n) is 9.37. The van der Waals surface area contributed by atoms with Gasteiger partial charge in [0.25, 0.3) is 15.9 Å². The van der Waals surface area contributed by atoms with E-state index >= 15 is 0 Å². The molecule has 0 unspecified atom stereocenters. The van der Waals surface area contributed by atoms with E-state index in [1.807, 2.05) is 24.1 Å². The lowest BCUT2D eigenvalue weighted by molar-refractivity contribution is 0.0173. The smallest absolute Gasteiger partial charge is 0.270 e. The number of sulfonamides is 1. The Bertz CT molecular complexity index is 1180. The summed E-state index contributed by atoms with van der Waals surface area (Å²) in [5.74, 6) is -1.77. The van der Waals surface area contributed by atoms with Crippen LogP contribution in [0.5, 0.6) is 11.5 Å². The summed E-state index contributed by atoms with van der Waals surface area (Å²) in [6.45, 7) is 3.13. The number of rotatable bonds is 4. The zero-order valence-corrected chi connectivity index (χ0v) is 17.3. The molecule has 2 heterocycles. The highest BCUT2D eigenvalue weighted by Gasteiger charge is 2.28. The Morgan fingerprint density at radius 2 is 1.83 bits per heavy atom. The van der Waals surface area contributed by atoms with Crippen LogP contribution >= 0.6 is 0 Å². The minimum atomic E-state index is -3.49. The fourth-order valence-electron chi connectivity index (χ4n) is 3.34. The Kier molecular flexibility index (Phi) is 4.97. The van der Waals surface area contributed by atoms with Crippen LogP contribution < -0.4 is 4.74 Å². The van der Waals surface area contributed by atoms with E-state index in [0.29, 0.717) is 29.5 Å². The highest BCUT2D eigenvalue weighted by atomic mass is 32.2. The molecule has 2 aliphatic rings. The van der Waals surface area contributed by atoms with Gasteiger partial charge in [-0.1, -0.05) is 24.3 Å². The Hall–Kier alpha value is -3.00. The molecule has 0 spiro atoms. The van der Waals surface area contributed by atoms with Gasteiger partial charge in [0, 0.05) is 30.8 Å². The van der Waals surface area contributed by atoms with Gasteiger partial charge in [-0.3, -0.25) is 0 Å². The van der Waals surface area contributed by atoms with Crippen molar-refractivity contribution in [2.45, 2.75) is 19.8 Å². The molecule has 0 bridgehead atoms. The van der Waals surface area contributed by atoms with E-state index in [1.165, 1.54) is 18.2 Å². The number of fused-ring (bicyclic) bond motifs is 1. The number of alkyl halides is 2. The maximum atomic E-state index is 13.5. The molecule has 0 saturated heterocycles. The van der Waals surface area contributed by atoms with E-state index < -0.39 is 15.9 Å². The van der Waals surface area contributed by atoms with Crippen molar-refractivity contribution in [1.29, 1.82) is 0 Å². The molecule has 2 aromatic carbocycles. The van der Waals surface area contributed by atoms with Gasteiger partial charge >= 0.3 is 0 Å². The van der Waals surface area contributed by atoms with Crippen molar-refractivity contribution in [3.05, 3.63) is 77.5 Å². The van der Waals surface area contributed by atoms with E-state index in [1.54, 1.807) is 30.3 Å². The van der Waals surface area contributed by atoms with E-state index in [9.17, 15) is 17.2 Å². The Balaban J connectivity index is 1.61. The number of amidine groups is 1. The molecular weight excluding hydrogens is 410 g/mol. The van der Waals surface area contributed by atoms with Gasteiger partial charge in [0.2, 0.25) is 0 Å². The first-order chi connectivity index (χ1) is 14.1. The van der Waals surface area contributed by atoms with Crippen LogP contribution in [0.4, 0.5) is 8.78 Å². The second-order valence-corrected chi connectivity index (χ2v) is 9.12. The minimum absolute atomic E-state index is 0.0177. The van der Waals surface area contributed by atoms with E-state index in [2.05, 4.69) is 4.40 Å². The van der Waals surface area contributed by atoms with Gasteiger partial charge in [-0.25, -0.2) is 17.2 Å². The monoisotopic (exact) mass is 430 g/mol. The molecule has 156 valence electrons. The van der Waals surface area contributed by atoms with Crippen molar-refractivity contribution in [2.75, 3.05) is 12.3 Å². The van der Waals surface area contributed by atoms with Gasteiger partial charge in [-0.05, 0) is 48.4 Å². The molecule has 0 fully saturated rings. The van der Waals surface area contributed by atoms with Crippen LogP contribution in [0.2, 0.25) is 0 Å². The summed E-state index contributed by atoms with van der Waals surface area (Å²) in [6.07, 6.45) is 3.77. The first kappa shape index (κ1) is 20.3. The summed E-state index contributed by atoms with van der Waals surface area (Å²) in [5.41, 5.74) is 2.35. The van der Waals surface area contributed by atoms with Gasteiger partial charge in [0.15, 0.2) is 5.84 Å². The second-order valence-electron chi connectivity index (χ2n) is 7.37. The van der Waals surface area contributed by atoms with Gasteiger partial charge in [0.1, 0.15) is 11.5 Å². The Morgan fingerprint density at radius 3 is 2.53 bits per heavy atom. The summed E-state index contributed by atoms with van der Waals surface area (Å²) in [7, 11) is -3.49. The van der Waals surface area contributed by atoms with Crippen LogP contribution in [-0.2, 0) is 15.9 Å². The molecule has 2 aromatic rings. The number of nitrogens with zero attached hydrogens (tertiary/aromatic N) is 2. The number of allylic oxidation sites excluding steroid dienone is 2. The van der Waals surface area contributed by atoms with Crippen molar-refractivity contribution >= 4 is 21.4 Å². The molecule has 30 heavy (non-hydrogen) atoms. The maximum absolute atomic E-state index is 13.5. The second kappa shape index (κ2) is 7.36. The topological polar surface area (TPSA) is 59.0 Å². The molecule has 4 rings (SSSR count). The third-order valence-electron chi connectivity index (χ3n) is 4.80. The van der Waals surface area contributed by atoms with Crippen molar-refractivity contribution < 1.29 is 21.9 Å². The van der Waals surface area contributed by atoms with E-state index in [-0.39, 0.29) is 11.3 Å². The SMILES string of the molecule is CC1=CN2CCS(=O)(=O)N=C2C(c2ccc(Oc3cccc(C(C)(F)F)c3)cc2)=C1. The van der Waals surface area contributed by atoms with Crippen LogP contribution in [0.15, 0.2) is 70.8 Å². The average Bonchev–Trinajstić information content (AvgIpc) is 2.68. The fourth-order valence-corrected chi connectivity index (χ4v) is 4.32. The number of ether oxygens (including phenoxy) is 1. The zero-order chi connectivity index (χ0) is 21.5. The molecule has 0 amide bonds. The van der Waals surface area contributed by atoms with Crippen LogP contribution in [0.3, 0.4) is 0 Å². The summed E-state index contributed by atoms with van der Waals surface area (Å²) in [6, 6.07) is 12.8. The predicted molar refractivity (Wildman–Crippen MR) is 112 cm³/mol. The highest BCUT2D eigenvalue weighted by Crippen LogP contribution is 2.32. The van der Waals surface area contributed by atoms with Gasteiger partial charge in [-0.15, -0.1) is 4.40 Å². The molecule has 2 aliphatic heterocycles. The number of benzene rings is 2. The normalized spacial score (nSPS) is 18.1. The summed E-state index contributed by atoms with van der Waals surface area (Å²) < 4.78 is 60.7. The van der Waals surface area contributed by atoms with Crippen LogP contribution in [0, 0.1) is 0 Å². The lowest BCUT2D eigenvalue weighted by atomic mass is 9.99. The van der Waals surface area contributed by atoms with Crippen molar-refractivity contribution in [2.24, 2.45) is 4.40 Å². The summed E-state index contributed by atoms with van der Waals surface area (Å²) in [4.78, 5) is 1.84. The number of halogens is 2. The van der Waals surface area contributed by atoms with Crippen molar-refractivity contribution in [3.8, 4) is 11.5 Å². The third-order valence-corrected chi connectivity index (χ3v) is 5.95. The number of hydrogen-bond acceptors (Lipinski definition) is 4. The zero-order valence-electron chi connectivity index (χ0n) is 16.5. The predicted octanol–water partition coefficient (Wildman–Crippen LogP) is 4.94. The van der Waals surface area contributed by atoms with E-state index in [4.69, 9.17) is 4.74 Å². The molecule has 0 radical (unpaired) electrons. The molecular formula is C22H20F2N2O3S. The first-order valence-corrected chi connectivity index (χ1v) is 11.0. The number of hydrogen-bond donors (Lipinski definition) is 0. The Morgan fingerprint density at radius 1 is 1.10 bits per heavy atom. The lowest BCUT2D eigenvalue weighted by Crippen LogP contribution is -2.38.